The molecule has 0 radical (unpaired) electrons. The first-order chi connectivity index (χ1) is 6.97. The molecule has 1 aromatic carbocycles. The SMILES string of the molecule is CC.CC.c1ccc2c(c1)NCCO2. The van der Waals surface area contributed by atoms with Crippen molar-refractivity contribution in [2.75, 3.05) is 18.5 Å². The summed E-state index contributed by atoms with van der Waals surface area (Å²) in [6, 6.07) is 7.97. The van der Waals surface area contributed by atoms with Crippen molar-refractivity contribution in [2.45, 2.75) is 27.7 Å². The van der Waals surface area contributed by atoms with E-state index >= 15 is 0 Å². The molecule has 1 heterocycles. The molecule has 0 saturated carbocycles. The summed E-state index contributed by atoms with van der Waals surface area (Å²) >= 11 is 0. The van der Waals surface area contributed by atoms with Gasteiger partial charge in [0.2, 0.25) is 0 Å². The van der Waals surface area contributed by atoms with Gasteiger partial charge in [-0.1, -0.05) is 39.8 Å². The highest BCUT2D eigenvalue weighted by Crippen LogP contribution is 2.25. The van der Waals surface area contributed by atoms with Crippen LogP contribution < -0.4 is 10.1 Å². The predicted molar refractivity (Wildman–Crippen MR) is 63.1 cm³/mol. The molecule has 1 aliphatic heterocycles. The Bertz CT molecular complexity index is 211. The van der Waals surface area contributed by atoms with E-state index in [0.29, 0.717) is 0 Å². The number of anilines is 1. The maximum atomic E-state index is 5.36. The summed E-state index contributed by atoms with van der Waals surface area (Å²) in [7, 11) is 0. The number of hydrogen-bond donors (Lipinski definition) is 1. The number of ether oxygens (including phenoxy) is 1. The van der Waals surface area contributed by atoms with E-state index in [4.69, 9.17) is 4.74 Å². The third-order valence-electron chi connectivity index (χ3n) is 1.56. The highest BCUT2D eigenvalue weighted by atomic mass is 16.5. The number of fused-ring (bicyclic) bond motifs is 1. The fourth-order valence-corrected chi connectivity index (χ4v) is 1.09. The van der Waals surface area contributed by atoms with Gasteiger partial charge in [-0.25, -0.2) is 0 Å². The minimum atomic E-state index is 0.775. The van der Waals surface area contributed by atoms with Crippen LogP contribution in [0.25, 0.3) is 0 Å². The molecule has 14 heavy (non-hydrogen) atoms. The summed E-state index contributed by atoms with van der Waals surface area (Å²) in [5.74, 6) is 0.966. The van der Waals surface area contributed by atoms with Crippen LogP contribution in [0.2, 0.25) is 0 Å². The Balaban J connectivity index is 0.000000379. The number of hydrogen-bond acceptors (Lipinski definition) is 2. The summed E-state index contributed by atoms with van der Waals surface area (Å²) in [6.45, 7) is 9.69. The molecular formula is C12H21NO. The van der Waals surface area contributed by atoms with Crippen molar-refractivity contribution in [3.8, 4) is 5.75 Å². The van der Waals surface area contributed by atoms with Crippen molar-refractivity contribution in [1.82, 2.24) is 0 Å². The lowest BCUT2D eigenvalue weighted by Gasteiger charge is -2.17. The molecule has 0 atom stereocenters. The van der Waals surface area contributed by atoms with Gasteiger partial charge >= 0.3 is 0 Å². The largest absolute Gasteiger partial charge is 0.490 e. The Kier molecular flexibility index (Phi) is 7.71. The van der Waals surface area contributed by atoms with Crippen molar-refractivity contribution in [3.05, 3.63) is 24.3 Å². The molecule has 0 amide bonds. The predicted octanol–water partition coefficient (Wildman–Crippen LogP) is 3.54. The van der Waals surface area contributed by atoms with E-state index in [-0.39, 0.29) is 0 Å². The monoisotopic (exact) mass is 195 g/mol. The van der Waals surface area contributed by atoms with Crippen LogP contribution in [0.5, 0.6) is 5.75 Å². The van der Waals surface area contributed by atoms with Crippen LogP contribution >= 0.6 is 0 Å². The van der Waals surface area contributed by atoms with Gasteiger partial charge in [-0.2, -0.15) is 0 Å². The van der Waals surface area contributed by atoms with E-state index in [9.17, 15) is 0 Å². The van der Waals surface area contributed by atoms with Crippen LogP contribution in [0, 0.1) is 0 Å². The molecule has 1 aliphatic rings. The normalized spacial score (nSPS) is 11.4. The zero-order valence-corrected chi connectivity index (χ0v) is 9.63. The molecule has 1 aromatic rings. The zero-order valence-electron chi connectivity index (χ0n) is 9.63. The molecule has 0 fully saturated rings. The molecule has 2 heteroatoms. The molecule has 0 spiro atoms. The van der Waals surface area contributed by atoms with Gasteiger partial charge in [-0.05, 0) is 12.1 Å². The van der Waals surface area contributed by atoms with Crippen molar-refractivity contribution in [3.63, 3.8) is 0 Å². The second-order valence-electron chi connectivity index (χ2n) is 2.27. The average molecular weight is 195 g/mol. The fourth-order valence-electron chi connectivity index (χ4n) is 1.09. The summed E-state index contributed by atoms with van der Waals surface area (Å²) in [6.07, 6.45) is 0. The summed E-state index contributed by atoms with van der Waals surface area (Å²) in [4.78, 5) is 0. The summed E-state index contributed by atoms with van der Waals surface area (Å²) in [5, 5.41) is 3.24. The molecule has 0 bridgehead atoms. The van der Waals surface area contributed by atoms with Crippen LogP contribution in [-0.2, 0) is 0 Å². The van der Waals surface area contributed by atoms with Gasteiger partial charge in [-0.15, -0.1) is 0 Å². The Hall–Kier alpha value is -1.18. The van der Waals surface area contributed by atoms with Gasteiger partial charge in [-0.3, -0.25) is 0 Å². The number of para-hydroxylation sites is 2. The standard InChI is InChI=1S/C8H9NO.2C2H6/c1-2-4-8-7(3-1)9-5-6-10-8;2*1-2/h1-4,9H,5-6H2;2*1-2H3. The molecule has 1 N–H and O–H groups in total. The van der Waals surface area contributed by atoms with E-state index in [1.54, 1.807) is 0 Å². The molecule has 2 nitrogen and oxygen atoms in total. The van der Waals surface area contributed by atoms with Gasteiger partial charge < -0.3 is 10.1 Å². The topological polar surface area (TPSA) is 21.3 Å². The van der Waals surface area contributed by atoms with E-state index in [1.807, 2.05) is 52.0 Å². The van der Waals surface area contributed by atoms with Crippen molar-refractivity contribution in [1.29, 1.82) is 0 Å². The summed E-state index contributed by atoms with van der Waals surface area (Å²) < 4.78 is 5.36. The van der Waals surface area contributed by atoms with Crippen LogP contribution in [0.1, 0.15) is 27.7 Å². The van der Waals surface area contributed by atoms with Gasteiger partial charge in [0.25, 0.3) is 0 Å². The fraction of sp³-hybridized carbons (Fsp3) is 0.500. The average Bonchev–Trinajstić information content (AvgIpc) is 2.34. The lowest BCUT2D eigenvalue weighted by atomic mass is 10.3. The van der Waals surface area contributed by atoms with E-state index in [2.05, 4.69) is 5.32 Å². The first-order valence-electron chi connectivity index (χ1n) is 5.42. The van der Waals surface area contributed by atoms with E-state index in [1.165, 1.54) is 0 Å². The third-order valence-corrected chi connectivity index (χ3v) is 1.56. The minimum Gasteiger partial charge on any atom is -0.490 e. The van der Waals surface area contributed by atoms with Gasteiger partial charge in [0, 0.05) is 6.54 Å². The Morgan fingerprint density at radius 1 is 1.07 bits per heavy atom. The van der Waals surface area contributed by atoms with Crippen molar-refractivity contribution >= 4 is 5.69 Å². The Morgan fingerprint density at radius 3 is 2.36 bits per heavy atom. The Labute approximate surface area is 87.3 Å². The highest BCUT2D eigenvalue weighted by Gasteiger charge is 2.05. The molecule has 80 valence electrons. The second kappa shape index (κ2) is 8.42. The zero-order chi connectivity index (χ0) is 10.8. The Morgan fingerprint density at radius 2 is 1.71 bits per heavy atom. The first-order valence-corrected chi connectivity index (χ1v) is 5.42. The van der Waals surface area contributed by atoms with Crippen LogP contribution in [-0.4, -0.2) is 13.2 Å². The number of benzene rings is 1. The minimum absolute atomic E-state index is 0.775. The molecule has 0 saturated heterocycles. The van der Waals surface area contributed by atoms with Gasteiger partial charge in [0.1, 0.15) is 12.4 Å². The second-order valence-corrected chi connectivity index (χ2v) is 2.27. The van der Waals surface area contributed by atoms with E-state index < -0.39 is 0 Å². The van der Waals surface area contributed by atoms with Crippen LogP contribution in [0.4, 0.5) is 5.69 Å². The molecule has 0 aromatic heterocycles. The lowest BCUT2D eigenvalue weighted by molar-refractivity contribution is 0.323. The third kappa shape index (κ3) is 3.69. The molecule has 2 rings (SSSR count). The highest BCUT2D eigenvalue weighted by molar-refractivity contribution is 5.57. The molecule has 0 aliphatic carbocycles. The van der Waals surface area contributed by atoms with Crippen LogP contribution in [0.15, 0.2) is 24.3 Å². The van der Waals surface area contributed by atoms with E-state index in [0.717, 1.165) is 24.6 Å². The van der Waals surface area contributed by atoms with Gasteiger partial charge in [0.15, 0.2) is 0 Å². The molecular weight excluding hydrogens is 174 g/mol. The van der Waals surface area contributed by atoms with Gasteiger partial charge in [0.05, 0.1) is 5.69 Å². The smallest absolute Gasteiger partial charge is 0.142 e. The molecule has 0 unspecified atom stereocenters. The van der Waals surface area contributed by atoms with Crippen molar-refractivity contribution in [2.24, 2.45) is 0 Å². The van der Waals surface area contributed by atoms with Crippen LogP contribution in [0.3, 0.4) is 0 Å². The maximum Gasteiger partial charge on any atom is 0.142 e. The lowest BCUT2D eigenvalue weighted by Crippen LogP contribution is -2.17. The van der Waals surface area contributed by atoms with Crippen molar-refractivity contribution < 1.29 is 4.74 Å². The quantitative estimate of drug-likeness (QED) is 0.683. The first kappa shape index (κ1) is 12.8. The number of nitrogens with one attached hydrogen (secondary N) is 1. The summed E-state index contributed by atoms with van der Waals surface area (Å²) in [5.41, 5.74) is 1.11. The number of rotatable bonds is 0. The maximum absolute atomic E-state index is 5.36.